The van der Waals surface area contributed by atoms with Crippen LogP contribution in [0.15, 0.2) is 0 Å². The van der Waals surface area contributed by atoms with Crippen LogP contribution in [0.4, 0.5) is 13.2 Å². The van der Waals surface area contributed by atoms with E-state index in [2.05, 4.69) is 0 Å². The smallest absolute Gasteiger partial charge is 0.298 e. The quantitative estimate of drug-likeness (QED) is 0.507. The van der Waals surface area contributed by atoms with Crippen LogP contribution in [0.1, 0.15) is 89.9 Å². The molecule has 3 aliphatic rings. The molecule has 0 aromatic heterocycles. The molecule has 9 heteroatoms. The number of hydrogen-bond donors (Lipinski definition) is 0. The number of ketones is 1. The van der Waals surface area contributed by atoms with Gasteiger partial charge >= 0.3 is 15.6 Å². The van der Waals surface area contributed by atoms with Gasteiger partial charge in [0.1, 0.15) is 5.78 Å². The van der Waals surface area contributed by atoms with Crippen LogP contribution in [0.5, 0.6) is 0 Å². The van der Waals surface area contributed by atoms with Crippen LogP contribution < -0.4 is 0 Å². The van der Waals surface area contributed by atoms with E-state index in [9.17, 15) is 26.4 Å². The fraction of sp³-hybridized carbons (Fsp3) is 0.947. The van der Waals surface area contributed by atoms with Gasteiger partial charge in [0.05, 0.1) is 5.25 Å². The summed E-state index contributed by atoms with van der Waals surface area (Å²) in [5, 5.41) is -1.12. The molecular weight excluding hydrogens is 413 g/mol. The molecule has 0 N–H and O–H groups in total. The van der Waals surface area contributed by atoms with Crippen molar-refractivity contribution in [1.29, 1.82) is 0 Å². The Morgan fingerprint density at radius 1 is 0.750 bits per heavy atom. The second-order valence-electron chi connectivity index (χ2n) is 8.39. The number of halogens is 3. The van der Waals surface area contributed by atoms with Gasteiger partial charge in [0.25, 0.3) is 0 Å². The third kappa shape index (κ3) is 4.41. The van der Waals surface area contributed by atoms with Gasteiger partial charge in [-0.25, -0.2) is 3.63 Å². The molecule has 28 heavy (non-hydrogen) atoms. The molecule has 1 unspecified atom stereocenters. The van der Waals surface area contributed by atoms with Crippen molar-refractivity contribution in [3.8, 4) is 0 Å². The van der Waals surface area contributed by atoms with Crippen molar-refractivity contribution in [2.45, 2.75) is 111 Å². The fourth-order valence-electron chi connectivity index (χ4n) is 5.30. The Bertz CT molecular complexity index is 633. The van der Waals surface area contributed by atoms with Crippen LogP contribution in [0.25, 0.3) is 0 Å². The van der Waals surface area contributed by atoms with E-state index in [1.54, 1.807) is 0 Å². The normalized spacial score (nSPS) is 27.7. The van der Waals surface area contributed by atoms with Gasteiger partial charge in [-0.05, 0) is 38.5 Å². The van der Waals surface area contributed by atoms with E-state index in [0.717, 1.165) is 51.4 Å². The minimum atomic E-state index is -5.74. The monoisotopic (exact) mass is 444 g/mol. The summed E-state index contributed by atoms with van der Waals surface area (Å²) in [6.07, 6.45) is 10.4. The fourth-order valence-corrected chi connectivity index (χ4v) is 12.8. The third-order valence-corrected chi connectivity index (χ3v) is 13.2. The van der Waals surface area contributed by atoms with E-state index in [-0.39, 0.29) is 16.3 Å². The molecule has 164 valence electrons. The van der Waals surface area contributed by atoms with E-state index in [1.165, 1.54) is 0 Å². The first-order valence-electron chi connectivity index (χ1n) is 10.5. The zero-order valence-corrected chi connectivity index (χ0v) is 17.8. The second-order valence-corrected chi connectivity index (χ2v) is 13.6. The van der Waals surface area contributed by atoms with Crippen LogP contribution in [-0.4, -0.2) is 35.5 Å². The maximum absolute atomic E-state index is 13.4. The minimum absolute atomic E-state index is 0.0743. The van der Waals surface area contributed by atoms with Gasteiger partial charge in [-0.15, -0.1) is 10.3 Å². The SMILES string of the molecule is O=C1CCCCC1S(OS(=O)(=O)C(F)(F)F)(C1CCCCC1)C1CCCCC1. The lowest BCUT2D eigenvalue weighted by molar-refractivity contribution is -0.119. The van der Waals surface area contributed by atoms with Crippen LogP contribution in [0, 0.1) is 0 Å². The first-order valence-corrected chi connectivity index (χ1v) is 13.7. The molecule has 0 spiro atoms. The third-order valence-electron chi connectivity index (χ3n) is 6.58. The molecule has 0 aromatic rings. The minimum Gasteiger partial charge on any atom is -0.298 e. The Morgan fingerprint density at radius 2 is 1.21 bits per heavy atom. The predicted molar refractivity (Wildman–Crippen MR) is 105 cm³/mol. The molecule has 0 amide bonds. The van der Waals surface area contributed by atoms with Gasteiger partial charge in [-0.2, -0.15) is 21.6 Å². The summed E-state index contributed by atoms with van der Waals surface area (Å²) < 4.78 is 70.1. The molecule has 0 radical (unpaired) electrons. The Hall–Kier alpha value is -0.280. The molecular formula is C19H31F3O4S2. The summed E-state index contributed by atoms with van der Waals surface area (Å²) in [6.45, 7) is 0. The molecule has 3 aliphatic carbocycles. The number of rotatable bonds is 5. The lowest BCUT2D eigenvalue weighted by Gasteiger charge is -2.56. The highest BCUT2D eigenvalue weighted by Gasteiger charge is 2.58. The van der Waals surface area contributed by atoms with E-state index in [1.807, 2.05) is 0 Å². The van der Waals surface area contributed by atoms with Gasteiger partial charge in [-0.1, -0.05) is 44.9 Å². The van der Waals surface area contributed by atoms with Crippen molar-refractivity contribution in [1.82, 2.24) is 0 Å². The number of carbonyl (C=O) groups is 1. The topological polar surface area (TPSA) is 60.4 Å². The summed E-state index contributed by atoms with van der Waals surface area (Å²) in [4.78, 5) is 12.9. The van der Waals surface area contributed by atoms with Crippen molar-refractivity contribution in [3.05, 3.63) is 0 Å². The molecule has 4 nitrogen and oxygen atoms in total. The van der Waals surface area contributed by atoms with E-state index in [4.69, 9.17) is 3.63 Å². The van der Waals surface area contributed by atoms with Crippen LogP contribution in [0.2, 0.25) is 0 Å². The van der Waals surface area contributed by atoms with Gasteiger partial charge in [-0.3, -0.25) is 4.79 Å². The summed E-state index contributed by atoms with van der Waals surface area (Å²) in [7, 11) is -8.49. The van der Waals surface area contributed by atoms with Gasteiger partial charge in [0, 0.05) is 16.9 Å². The molecule has 1 atom stereocenters. The standard InChI is InChI=1S/C19H31F3O4S2/c20-19(21,22)28(24,25)26-27(15-9-3-1-4-10-15,16-11-5-2-6-12-16)18-14-8-7-13-17(18)23/h15-16,18H,1-14H2. The highest BCUT2D eigenvalue weighted by molar-refractivity contribution is 8.34. The average Bonchev–Trinajstić information content (AvgIpc) is 2.67. The van der Waals surface area contributed by atoms with Crippen molar-refractivity contribution in [2.24, 2.45) is 0 Å². The molecule has 3 rings (SSSR count). The summed E-state index contributed by atoms with van der Waals surface area (Å²) >= 11 is 0. The number of Topliss-reactive ketones (excluding diaryl/α,β-unsaturated/α-hetero) is 1. The molecule has 0 heterocycles. The largest absolute Gasteiger partial charge is 0.523 e. The molecule has 0 aromatic carbocycles. The lowest BCUT2D eigenvalue weighted by atomic mass is 9.98. The maximum atomic E-state index is 13.4. The maximum Gasteiger partial charge on any atom is 0.523 e. The molecule has 0 aliphatic heterocycles. The van der Waals surface area contributed by atoms with E-state index >= 15 is 0 Å². The van der Waals surface area contributed by atoms with Crippen molar-refractivity contribution < 1.29 is 30.0 Å². The zero-order valence-electron chi connectivity index (χ0n) is 16.2. The van der Waals surface area contributed by atoms with Gasteiger partial charge in [0.2, 0.25) is 0 Å². The first-order chi connectivity index (χ1) is 13.2. The second kappa shape index (κ2) is 8.84. The summed E-state index contributed by atoms with van der Waals surface area (Å²) in [5.74, 6) is -0.0743. The van der Waals surface area contributed by atoms with Crippen LogP contribution in [-0.2, 0) is 18.5 Å². The Balaban J connectivity index is 2.10. The highest BCUT2D eigenvalue weighted by atomic mass is 32.3. The number of hydrogen-bond acceptors (Lipinski definition) is 4. The highest BCUT2D eigenvalue weighted by Crippen LogP contribution is 2.70. The van der Waals surface area contributed by atoms with E-state index < -0.39 is 31.2 Å². The van der Waals surface area contributed by atoms with Gasteiger partial charge in [0.15, 0.2) is 0 Å². The van der Waals surface area contributed by atoms with Crippen molar-refractivity contribution >= 4 is 26.2 Å². The van der Waals surface area contributed by atoms with Crippen LogP contribution >= 0.6 is 10.3 Å². The first kappa shape index (κ1) is 22.4. The Morgan fingerprint density at radius 3 is 1.64 bits per heavy atom. The van der Waals surface area contributed by atoms with Crippen LogP contribution in [0.3, 0.4) is 0 Å². The summed E-state index contributed by atoms with van der Waals surface area (Å²) in [6, 6.07) is 0. The van der Waals surface area contributed by atoms with Gasteiger partial charge < -0.3 is 0 Å². The molecule has 3 fully saturated rings. The zero-order chi connectivity index (χ0) is 20.4. The lowest BCUT2D eigenvalue weighted by Crippen LogP contribution is -2.46. The molecule has 0 bridgehead atoms. The Kier molecular flexibility index (Phi) is 7.07. The van der Waals surface area contributed by atoms with E-state index in [0.29, 0.717) is 38.5 Å². The van der Waals surface area contributed by atoms with Crippen molar-refractivity contribution in [3.63, 3.8) is 0 Å². The summed E-state index contributed by atoms with van der Waals surface area (Å²) in [5.41, 5.74) is -5.45. The predicted octanol–water partition coefficient (Wildman–Crippen LogP) is 5.75. The van der Waals surface area contributed by atoms with Crippen molar-refractivity contribution in [2.75, 3.05) is 0 Å². The number of alkyl halides is 3. The average molecular weight is 445 g/mol. The Labute approximate surface area is 167 Å². The molecule has 3 saturated carbocycles. The molecule has 0 saturated heterocycles. The number of carbonyl (C=O) groups excluding carboxylic acids is 1.